The molecule has 1 atom stereocenters. The summed E-state index contributed by atoms with van der Waals surface area (Å²) in [7, 11) is 0. The second-order valence-electron chi connectivity index (χ2n) is 13.1. The summed E-state index contributed by atoms with van der Waals surface area (Å²) in [6, 6.07) is 0. The zero-order chi connectivity index (χ0) is 30.2. The van der Waals surface area contributed by atoms with Gasteiger partial charge < -0.3 is 4.74 Å². The van der Waals surface area contributed by atoms with Crippen LogP contribution in [0.3, 0.4) is 0 Å². The van der Waals surface area contributed by atoms with Crippen molar-refractivity contribution in [2.45, 2.75) is 206 Å². The Labute approximate surface area is 263 Å². The standard InChI is InChI=1S/C40H72O2/c1-3-5-7-9-11-13-15-17-19-21-23-25-27-29-31-33-35-37-39-38(40(41)42-39)36-34-32-30-28-26-24-22-20-18-16-14-12-10-8-6-4-2/h3-6,37-38H,7-36H2,1-2H3/b5-3+,6-4+,39-37+. The molecule has 1 unspecified atom stereocenters. The maximum atomic E-state index is 11.9. The highest BCUT2D eigenvalue weighted by molar-refractivity contribution is 5.82. The van der Waals surface area contributed by atoms with Gasteiger partial charge in [0.1, 0.15) is 11.7 Å². The van der Waals surface area contributed by atoms with E-state index < -0.39 is 0 Å². The van der Waals surface area contributed by atoms with Crippen LogP contribution in [-0.4, -0.2) is 5.97 Å². The molecule has 0 aromatic rings. The first kappa shape index (κ1) is 38.7. The summed E-state index contributed by atoms with van der Waals surface area (Å²) in [6.07, 6.45) is 51.5. The fourth-order valence-electron chi connectivity index (χ4n) is 6.24. The molecule has 1 aliphatic heterocycles. The van der Waals surface area contributed by atoms with Gasteiger partial charge in [0, 0.05) is 0 Å². The zero-order valence-electron chi connectivity index (χ0n) is 28.5. The first-order valence-electron chi connectivity index (χ1n) is 18.9. The van der Waals surface area contributed by atoms with Crippen molar-refractivity contribution in [2.75, 3.05) is 0 Å². The topological polar surface area (TPSA) is 26.3 Å². The Bertz CT molecular complexity index is 673. The molecule has 0 bridgehead atoms. The fourth-order valence-corrected chi connectivity index (χ4v) is 6.24. The van der Waals surface area contributed by atoms with E-state index in [0.717, 1.165) is 18.6 Å². The van der Waals surface area contributed by atoms with Crippen molar-refractivity contribution in [2.24, 2.45) is 5.92 Å². The average Bonchev–Trinajstić information content (AvgIpc) is 2.99. The second-order valence-corrected chi connectivity index (χ2v) is 13.1. The van der Waals surface area contributed by atoms with E-state index in [-0.39, 0.29) is 11.9 Å². The molecule has 42 heavy (non-hydrogen) atoms. The van der Waals surface area contributed by atoms with Crippen LogP contribution in [0.2, 0.25) is 0 Å². The smallest absolute Gasteiger partial charge is 0.321 e. The van der Waals surface area contributed by atoms with Gasteiger partial charge in [0.25, 0.3) is 0 Å². The Balaban J connectivity index is 1.83. The molecule has 0 radical (unpaired) electrons. The van der Waals surface area contributed by atoms with Crippen LogP contribution in [0.1, 0.15) is 206 Å². The highest BCUT2D eigenvalue weighted by Gasteiger charge is 2.36. The number of carbonyl (C=O) groups excluding carboxylic acids is 1. The predicted molar refractivity (Wildman–Crippen MR) is 186 cm³/mol. The molecular formula is C40H72O2. The van der Waals surface area contributed by atoms with E-state index in [1.807, 2.05) is 0 Å². The highest BCUT2D eigenvalue weighted by atomic mass is 16.6. The lowest BCUT2D eigenvalue weighted by atomic mass is 9.93. The Hall–Kier alpha value is -1.31. The molecule has 2 nitrogen and oxygen atoms in total. The van der Waals surface area contributed by atoms with Gasteiger partial charge in [0.2, 0.25) is 0 Å². The molecule has 0 N–H and O–H groups in total. The number of hydrogen-bond donors (Lipinski definition) is 0. The summed E-state index contributed by atoms with van der Waals surface area (Å²) in [5, 5.41) is 0. The molecule has 0 saturated carbocycles. The molecule has 1 aliphatic rings. The van der Waals surface area contributed by atoms with Crippen molar-refractivity contribution < 1.29 is 9.53 Å². The van der Waals surface area contributed by atoms with E-state index in [1.54, 1.807) is 0 Å². The van der Waals surface area contributed by atoms with Gasteiger partial charge in [0.15, 0.2) is 0 Å². The lowest BCUT2D eigenvalue weighted by Gasteiger charge is -2.28. The number of carbonyl (C=O) groups is 1. The highest BCUT2D eigenvalue weighted by Crippen LogP contribution is 2.32. The molecule has 1 fully saturated rings. The molecule has 244 valence electrons. The minimum atomic E-state index is 0.0171. The van der Waals surface area contributed by atoms with E-state index in [4.69, 9.17) is 4.74 Å². The largest absolute Gasteiger partial charge is 0.430 e. The van der Waals surface area contributed by atoms with Gasteiger partial charge in [0.05, 0.1) is 0 Å². The molecule has 0 aromatic heterocycles. The van der Waals surface area contributed by atoms with Crippen LogP contribution < -0.4 is 0 Å². The van der Waals surface area contributed by atoms with Gasteiger partial charge in [-0.3, -0.25) is 4.79 Å². The van der Waals surface area contributed by atoms with E-state index in [0.29, 0.717) is 0 Å². The molecule has 2 heteroatoms. The predicted octanol–water partition coefficient (Wildman–Crippen LogP) is 13.9. The van der Waals surface area contributed by atoms with Gasteiger partial charge in [-0.2, -0.15) is 0 Å². The van der Waals surface area contributed by atoms with E-state index in [1.165, 1.54) is 180 Å². The molecule has 1 heterocycles. The molecular weight excluding hydrogens is 512 g/mol. The van der Waals surface area contributed by atoms with Crippen LogP contribution in [0.25, 0.3) is 0 Å². The van der Waals surface area contributed by atoms with Crippen molar-refractivity contribution in [3.05, 3.63) is 36.1 Å². The van der Waals surface area contributed by atoms with Crippen molar-refractivity contribution >= 4 is 5.97 Å². The van der Waals surface area contributed by atoms with Crippen molar-refractivity contribution in [3.8, 4) is 0 Å². The van der Waals surface area contributed by atoms with Crippen molar-refractivity contribution in [3.63, 3.8) is 0 Å². The van der Waals surface area contributed by atoms with E-state index in [9.17, 15) is 4.79 Å². The van der Waals surface area contributed by atoms with Crippen LogP contribution in [0, 0.1) is 5.92 Å². The van der Waals surface area contributed by atoms with Crippen LogP contribution >= 0.6 is 0 Å². The summed E-state index contributed by atoms with van der Waals surface area (Å²) >= 11 is 0. The average molecular weight is 585 g/mol. The van der Waals surface area contributed by atoms with Crippen LogP contribution in [0.5, 0.6) is 0 Å². The summed E-state index contributed by atoms with van der Waals surface area (Å²) in [5.41, 5.74) is 0. The normalized spacial score (nSPS) is 16.2. The summed E-state index contributed by atoms with van der Waals surface area (Å²) in [4.78, 5) is 11.9. The van der Waals surface area contributed by atoms with Gasteiger partial charge >= 0.3 is 5.97 Å². The first-order valence-corrected chi connectivity index (χ1v) is 18.9. The van der Waals surface area contributed by atoms with Gasteiger partial charge in [-0.05, 0) is 64.9 Å². The number of ether oxygens (including phenoxy) is 1. The quantitative estimate of drug-likeness (QED) is 0.0446. The maximum absolute atomic E-state index is 11.9. The summed E-state index contributed by atoms with van der Waals surface area (Å²) in [6.45, 7) is 4.23. The van der Waals surface area contributed by atoms with Crippen molar-refractivity contribution in [1.29, 1.82) is 0 Å². The second kappa shape index (κ2) is 31.1. The lowest BCUT2D eigenvalue weighted by Crippen LogP contribution is -2.32. The van der Waals surface area contributed by atoms with Crippen LogP contribution in [0.15, 0.2) is 36.1 Å². The molecule has 0 amide bonds. The zero-order valence-corrected chi connectivity index (χ0v) is 28.5. The first-order chi connectivity index (χ1) is 20.8. The minimum Gasteiger partial charge on any atom is -0.430 e. The molecule has 1 rings (SSSR count). The van der Waals surface area contributed by atoms with E-state index >= 15 is 0 Å². The fraction of sp³-hybridized carbons (Fsp3) is 0.825. The van der Waals surface area contributed by atoms with Gasteiger partial charge in [-0.25, -0.2) is 0 Å². The van der Waals surface area contributed by atoms with Gasteiger partial charge in [-0.15, -0.1) is 0 Å². The monoisotopic (exact) mass is 585 g/mol. The number of allylic oxidation sites excluding steroid dienone is 5. The third-order valence-electron chi connectivity index (χ3n) is 9.10. The third-order valence-corrected chi connectivity index (χ3v) is 9.10. The van der Waals surface area contributed by atoms with E-state index in [2.05, 4.69) is 44.2 Å². The van der Waals surface area contributed by atoms with Crippen molar-refractivity contribution in [1.82, 2.24) is 0 Å². The molecule has 0 aromatic carbocycles. The maximum Gasteiger partial charge on any atom is 0.321 e. The lowest BCUT2D eigenvalue weighted by molar-refractivity contribution is -0.157. The molecule has 0 aliphatic carbocycles. The summed E-state index contributed by atoms with van der Waals surface area (Å²) in [5.74, 6) is 1.07. The Morgan fingerprint density at radius 3 is 1.10 bits per heavy atom. The Kier molecular flexibility index (Phi) is 28.7. The SMILES string of the molecule is C/C=C/CCCCCCCCCCCCCCC/C=C1/OC(=O)C1CCCCCCCCCCCCCCC/C=C/C. The number of unbranched alkanes of at least 4 members (excludes halogenated alkanes) is 27. The molecule has 1 saturated heterocycles. The number of cyclic esters (lactones) is 1. The van der Waals surface area contributed by atoms with Gasteiger partial charge in [-0.1, -0.05) is 172 Å². The Morgan fingerprint density at radius 1 is 0.452 bits per heavy atom. The number of rotatable bonds is 32. The van der Waals surface area contributed by atoms with Crippen LogP contribution in [-0.2, 0) is 9.53 Å². The minimum absolute atomic E-state index is 0.0171. The van der Waals surface area contributed by atoms with Crippen LogP contribution in [0.4, 0.5) is 0 Å². The Morgan fingerprint density at radius 2 is 0.762 bits per heavy atom. The third kappa shape index (κ3) is 24.2. The molecule has 0 spiro atoms. The number of esters is 1. The number of hydrogen-bond acceptors (Lipinski definition) is 2. The summed E-state index contributed by atoms with van der Waals surface area (Å²) < 4.78 is 5.38.